The average molecular weight is 367 g/mol. The van der Waals surface area contributed by atoms with Gasteiger partial charge in [0.15, 0.2) is 0 Å². The lowest BCUT2D eigenvalue weighted by Crippen LogP contribution is -2.38. The third kappa shape index (κ3) is 5.73. The molecule has 1 aliphatic heterocycles. The summed E-state index contributed by atoms with van der Waals surface area (Å²) in [5, 5.41) is 6.57. The SMILES string of the molecule is CC(Cc1ccc(Br)cc1)NC(=O)CC(C)C1CCCNC1. The fourth-order valence-electron chi connectivity index (χ4n) is 3.18. The van der Waals surface area contributed by atoms with E-state index in [1.807, 2.05) is 12.1 Å². The van der Waals surface area contributed by atoms with E-state index in [1.165, 1.54) is 18.4 Å². The maximum Gasteiger partial charge on any atom is 0.220 e. The Hall–Kier alpha value is -0.870. The number of carbonyl (C=O) groups excluding carboxylic acids is 1. The fraction of sp³-hybridized carbons (Fsp3) is 0.611. The van der Waals surface area contributed by atoms with Gasteiger partial charge < -0.3 is 10.6 Å². The average Bonchev–Trinajstić information content (AvgIpc) is 2.50. The van der Waals surface area contributed by atoms with Crippen LogP contribution in [0.4, 0.5) is 0 Å². The van der Waals surface area contributed by atoms with Gasteiger partial charge >= 0.3 is 0 Å². The highest BCUT2D eigenvalue weighted by Crippen LogP contribution is 2.22. The van der Waals surface area contributed by atoms with Gasteiger partial charge in [-0.05, 0) is 68.8 Å². The second-order valence-electron chi connectivity index (χ2n) is 6.59. The van der Waals surface area contributed by atoms with Crippen LogP contribution >= 0.6 is 15.9 Å². The lowest BCUT2D eigenvalue weighted by atomic mass is 9.85. The standard InChI is InChI=1S/C18H27BrN2O/c1-13(16-4-3-9-20-12-16)10-18(22)21-14(2)11-15-5-7-17(19)8-6-15/h5-8,13-14,16,20H,3-4,9-12H2,1-2H3,(H,21,22). The van der Waals surface area contributed by atoms with Gasteiger partial charge in [0.2, 0.25) is 5.91 Å². The van der Waals surface area contributed by atoms with E-state index in [4.69, 9.17) is 0 Å². The summed E-state index contributed by atoms with van der Waals surface area (Å²) >= 11 is 3.44. The molecule has 3 nitrogen and oxygen atoms in total. The van der Waals surface area contributed by atoms with Crippen LogP contribution in [0.15, 0.2) is 28.7 Å². The first-order chi connectivity index (χ1) is 10.5. The molecule has 0 bridgehead atoms. The van der Waals surface area contributed by atoms with E-state index in [2.05, 4.69) is 52.5 Å². The topological polar surface area (TPSA) is 41.1 Å². The zero-order valence-corrected chi connectivity index (χ0v) is 15.2. The molecule has 0 radical (unpaired) electrons. The summed E-state index contributed by atoms with van der Waals surface area (Å²) in [6.07, 6.45) is 3.99. The summed E-state index contributed by atoms with van der Waals surface area (Å²) in [5.41, 5.74) is 1.25. The Morgan fingerprint density at radius 2 is 2.09 bits per heavy atom. The van der Waals surface area contributed by atoms with Crippen LogP contribution in [0.2, 0.25) is 0 Å². The van der Waals surface area contributed by atoms with Crippen molar-refractivity contribution in [2.45, 2.75) is 45.6 Å². The molecule has 122 valence electrons. The molecule has 0 aromatic heterocycles. The second kappa shape index (κ2) is 8.68. The van der Waals surface area contributed by atoms with Crippen molar-refractivity contribution in [1.29, 1.82) is 0 Å². The highest BCUT2D eigenvalue weighted by atomic mass is 79.9. The quantitative estimate of drug-likeness (QED) is 0.808. The Morgan fingerprint density at radius 1 is 1.36 bits per heavy atom. The van der Waals surface area contributed by atoms with Gasteiger partial charge in [-0.2, -0.15) is 0 Å². The van der Waals surface area contributed by atoms with Crippen molar-refractivity contribution < 1.29 is 4.79 Å². The summed E-state index contributed by atoms with van der Waals surface area (Å²) in [7, 11) is 0. The van der Waals surface area contributed by atoms with Crippen LogP contribution in [0.1, 0.15) is 38.7 Å². The normalized spacial score (nSPS) is 21.1. The Morgan fingerprint density at radius 3 is 2.73 bits per heavy atom. The molecule has 2 rings (SSSR count). The Balaban J connectivity index is 1.74. The number of rotatable bonds is 6. The molecule has 4 heteroatoms. The molecule has 1 amide bonds. The molecule has 3 unspecified atom stereocenters. The molecule has 2 N–H and O–H groups in total. The third-order valence-corrected chi connectivity index (χ3v) is 5.04. The van der Waals surface area contributed by atoms with Crippen LogP contribution in [0.3, 0.4) is 0 Å². The van der Waals surface area contributed by atoms with E-state index in [0.717, 1.165) is 24.0 Å². The molecule has 0 saturated carbocycles. The van der Waals surface area contributed by atoms with Gasteiger partial charge in [0.1, 0.15) is 0 Å². The maximum atomic E-state index is 12.2. The second-order valence-corrected chi connectivity index (χ2v) is 7.50. The predicted octanol–water partition coefficient (Wildman–Crippen LogP) is 3.52. The summed E-state index contributed by atoms with van der Waals surface area (Å²) in [5.74, 6) is 1.27. The molecule has 0 spiro atoms. The van der Waals surface area contributed by atoms with E-state index in [0.29, 0.717) is 18.3 Å². The number of halogens is 1. The summed E-state index contributed by atoms with van der Waals surface area (Å²) < 4.78 is 1.09. The zero-order chi connectivity index (χ0) is 15.9. The number of amides is 1. The van der Waals surface area contributed by atoms with Crippen molar-refractivity contribution >= 4 is 21.8 Å². The lowest BCUT2D eigenvalue weighted by Gasteiger charge is -2.28. The van der Waals surface area contributed by atoms with Crippen LogP contribution < -0.4 is 10.6 Å². The predicted molar refractivity (Wildman–Crippen MR) is 94.8 cm³/mol. The van der Waals surface area contributed by atoms with Crippen molar-refractivity contribution in [3.63, 3.8) is 0 Å². The van der Waals surface area contributed by atoms with E-state index in [-0.39, 0.29) is 11.9 Å². The first kappa shape index (κ1) is 17.5. The number of piperidine rings is 1. The van der Waals surface area contributed by atoms with Crippen LogP contribution in [-0.2, 0) is 11.2 Å². The molecule has 1 saturated heterocycles. The van der Waals surface area contributed by atoms with Gasteiger partial charge in [-0.1, -0.05) is 35.0 Å². The fourth-order valence-corrected chi connectivity index (χ4v) is 3.45. The summed E-state index contributed by atoms with van der Waals surface area (Å²) in [6, 6.07) is 8.46. The Kier molecular flexibility index (Phi) is 6.90. The monoisotopic (exact) mass is 366 g/mol. The molecular formula is C18H27BrN2O. The van der Waals surface area contributed by atoms with E-state index in [9.17, 15) is 4.79 Å². The third-order valence-electron chi connectivity index (χ3n) is 4.51. The van der Waals surface area contributed by atoms with Crippen LogP contribution in [0.5, 0.6) is 0 Å². The van der Waals surface area contributed by atoms with Gasteiger partial charge in [0.05, 0.1) is 0 Å². The summed E-state index contributed by atoms with van der Waals surface area (Å²) in [6.45, 7) is 6.46. The first-order valence-corrected chi connectivity index (χ1v) is 9.08. The molecule has 3 atom stereocenters. The molecule has 1 aliphatic rings. The zero-order valence-electron chi connectivity index (χ0n) is 13.6. The Bertz CT molecular complexity index is 468. The number of hydrogen-bond acceptors (Lipinski definition) is 2. The maximum absolute atomic E-state index is 12.2. The first-order valence-electron chi connectivity index (χ1n) is 8.29. The van der Waals surface area contributed by atoms with Gasteiger partial charge in [0, 0.05) is 16.9 Å². The molecule has 1 aromatic rings. The van der Waals surface area contributed by atoms with Crippen molar-refractivity contribution in [2.75, 3.05) is 13.1 Å². The highest BCUT2D eigenvalue weighted by molar-refractivity contribution is 9.10. The van der Waals surface area contributed by atoms with Gasteiger partial charge in [0.25, 0.3) is 0 Å². The minimum atomic E-state index is 0.172. The van der Waals surface area contributed by atoms with Crippen molar-refractivity contribution in [2.24, 2.45) is 11.8 Å². The van der Waals surface area contributed by atoms with Crippen LogP contribution in [0.25, 0.3) is 0 Å². The lowest BCUT2D eigenvalue weighted by molar-refractivity contribution is -0.122. The number of hydrogen-bond donors (Lipinski definition) is 2. The minimum Gasteiger partial charge on any atom is -0.353 e. The minimum absolute atomic E-state index is 0.172. The Labute approximate surface area is 142 Å². The van der Waals surface area contributed by atoms with Crippen molar-refractivity contribution in [3.8, 4) is 0 Å². The van der Waals surface area contributed by atoms with Crippen molar-refractivity contribution in [3.05, 3.63) is 34.3 Å². The van der Waals surface area contributed by atoms with Gasteiger partial charge in [-0.3, -0.25) is 4.79 Å². The van der Waals surface area contributed by atoms with Crippen LogP contribution in [0, 0.1) is 11.8 Å². The van der Waals surface area contributed by atoms with E-state index in [1.54, 1.807) is 0 Å². The number of nitrogens with one attached hydrogen (secondary N) is 2. The molecular weight excluding hydrogens is 340 g/mol. The molecule has 1 fully saturated rings. The van der Waals surface area contributed by atoms with E-state index < -0.39 is 0 Å². The molecule has 1 aromatic carbocycles. The highest BCUT2D eigenvalue weighted by Gasteiger charge is 2.22. The summed E-state index contributed by atoms with van der Waals surface area (Å²) in [4.78, 5) is 12.2. The molecule has 1 heterocycles. The number of carbonyl (C=O) groups is 1. The molecule has 22 heavy (non-hydrogen) atoms. The largest absolute Gasteiger partial charge is 0.353 e. The van der Waals surface area contributed by atoms with Crippen molar-refractivity contribution in [1.82, 2.24) is 10.6 Å². The van der Waals surface area contributed by atoms with Crippen LogP contribution in [-0.4, -0.2) is 25.0 Å². The number of benzene rings is 1. The molecule has 0 aliphatic carbocycles. The van der Waals surface area contributed by atoms with E-state index >= 15 is 0 Å². The van der Waals surface area contributed by atoms with Gasteiger partial charge in [-0.25, -0.2) is 0 Å². The van der Waals surface area contributed by atoms with Gasteiger partial charge in [-0.15, -0.1) is 0 Å². The smallest absolute Gasteiger partial charge is 0.220 e.